The fourth-order valence-electron chi connectivity index (χ4n) is 4.01. The van der Waals surface area contributed by atoms with E-state index in [2.05, 4.69) is 15.6 Å². The first-order valence-electron chi connectivity index (χ1n) is 10.1. The Morgan fingerprint density at radius 2 is 1.90 bits per heavy atom. The molecule has 0 radical (unpaired) electrons. The van der Waals surface area contributed by atoms with E-state index in [1.54, 1.807) is 19.1 Å². The molecule has 3 aromatic rings. The molecular weight excluding hydrogens is 396 g/mol. The van der Waals surface area contributed by atoms with E-state index < -0.39 is 0 Å². The van der Waals surface area contributed by atoms with Crippen LogP contribution in [0.3, 0.4) is 0 Å². The molecule has 1 fully saturated rings. The predicted octanol–water partition coefficient (Wildman–Crippen LogP) is 2.97. The van der Waals surface area contributed by atoms with Crippen LogP contribution in [-0.2, 0) is 16.1 Å². The molecule has 0 saturated carbocycles. The number of hydrogen-bond acceptors (Lipinski definition) is 6. The van der Waals surface area contributed by atoms with E-state index in [1.165, 1.54) is 0 Å². The lowest BCUT2D eigenvalue weighted by Crippen LogP contribution is -2.46. The lowest BCUT2D eigenvalue weighted by atomic mass is 9.84. The first-order chi connectivity index (χ1) is 15.1. The van der Waals surface area contributed by atoms with Crippen LogP contribution in [0, 0.1) is 5.92 Å². The fraction of sp³-hybridized carbons (Fsp3) is 0.304. The number of nitrogens with zero attached hydrogens (tertiary/aromatic N) is 3. The van der Waals surface area contributed by atoms with Crippen molar-refractivity contribution in [3.05, 3.63) is 65.9 Å². The number of amides is 2. The molecule has 0 bridgehead atoms. The third-order valence-corrected chi connectivity index (χ3v) is 5.69. The van der Waals surface area contributed by atoms with Crippen LogP contribution >= 0.6 is 0 Å². The van der Waals surface area contributed by atoms with E-state index in [0.717, 1.165) is 16.9 Å². The SMILES string of the molecule is COc1ccc(C2C(C(=O)NCc3nonc3-c3ccccc3)CCC(=O)N2C)cc1. The molecule has 0 aliphatic carbocycles. The number of ether oxygens (including phenoxy) is 1. The van der Waals surface area contributed by atoms with Gasteiger partial charge < -0.3 is 15.0 Å². The minimum Gasteiger partial charge on any atom is -0.497 e. The van der Waals surface area contributed by atoms with Crippen molar-refractivity contribution in [2.75, 3.05) is 14.2 Å². The van der Waals surface area contributed by atoms with E-state index in [0.29, 0.717) is 24.2 Å². The summed E-state index contributed by atoms with van der Waals surface area (Å²) in [5.74, 6) is 0.233. The number of carbonyl (C=O) groups excluding carboxylic acids is 2. The number of hydrogen-bond donors (Lipinski definition) is 1. The molecule has 8 heteroatoms. The van der Waals surface area contributed by atoms with Crippen LogP contribution in [0.2, 0.25) is 0 Å². The average molecular weight is 420 g/mol. The van der Waals surface area contributed by atoms with E-state index >= 15 is 0 Å². The lowest BCUT2D eigenvalue weighted by Gasteiger charge is -2.38. The summed E-state index contributed by atoms with van der Waals surface area (Å²) in [6, 6.07) is 16.7. The van der Waals surface area contributed by atoms with Crippen molar-refractivity contribution in [1.29, 1.82) is 0 Å². The van der Waals surface area contributed by atoms with Crippen molar-refractivity contribution >= 4 is 11.8 Å². The minimum atomic E-state index is -0.379. The third kappa shape index (κ3) is 4.28. The molecule has 2 unspecified atom stereocenters. The van der Waals surface area contributed by atoms with Gasteiger partial charge in [-0.3, -0.25) is 9.59 Å². The van der Waals surface area contributed by atoms with Gasteiger partial charge >= 0.3 is 0 Å². The Balaban J connectivity index is 1.51. The van der Waals surface area contributed by atoms with Crippen LogP contribution in [0.15, 0.2) is 59.2 Å². The van der Waals surface area contributed by atoms with Crippen LogP contribution in [0.1, 0.15) is 30.1 Å². The number of piperidine rings is 1. The van der Waals surface area contributed by atoms with Crippen molar-refractivity contribution in [1.82, 2.24) is 20.5 Å². The number of carbonyl (C=O) groups is 2. The molecule has 1 aromatic heterocycles. The van der Waals surface area contributed by atoms with Crippen molar-refractivity contribution < 1.29 is 19.0 Å². The molecule has 1 aliphatic rings. The Kier molecular flexibility index (Phi) is 5.97. The zero-order valence-corrected chi connectivity index (χ0v) is 17.4. The zero-order valence-electron chi connectivity index (χ0n) is 17.4. The summed E-state index contributed by atoms with van der Waals surface area (Å²) < 4.78 is 10.1. The van der Waals surface area contributed by atoms with Gasteiger partial charge in [-0.25, -0.2) is 4.63 Å². The molecule has 4 rings (SSSR count). The average Bonchev–Trinajstić information content (AvgIpc) is 3.28. The molecule has 1 saturated heterocycles. The van der Waals surface area contributed by atoms with Gasteiger partial charge in [-0.1, -0.05) is 47.6 Å². The molecular formula is C23H24N4O4. The number of likely N-dealkylation sites (tertiary alicyclic amines) is 1. The Hall–Kier alpha value is -3.68. The summed E-state index contributed by atoms with van der Waals surface area (Å²) in [5, 5.41) is 10.9. The Morgan fingerprint density at radius 1 is 1.16 bits per heavy atom. The Bertz CT molecular complexity index is 1050. The molecule has 31 heavy (non-hydrogen) atoms. The van der Waals surface area contributed by atoms with Crippen LogP contribution in [0.25, 0.3) is 11.3 Å². The molecule has 2 heterocycles. The highest BCUT2D eigenvalue weighted by Gasteiger charge is 2.38. The molecule has 1 aliphatic heterocycles. The fourth-order valence-corrected chi connectivity index (χ4v) is 4.01. The smallest absolute Gasteiger partial charge is 0.225 e. The van der Waals surface area contributed by atoms with Gasteiger partial charge in [0.15, 0.2) is 0 Å². The third-order valence-electron chi connectivity index (χ3n) is 5.69. The summed E-state index contributed by atoms with van der Waals surface area (Å²) in [6.07, 6.45) is 0.816. The summed E-state index contributed by atoms with van der Waals surface area (Å²) in [5.41, 5.74) is 2.92. The summed E-state index contributed by atoms with van der Waals surface area (Å²) >= 11 is 0. The Morgan fingerprint density at radius 3 is 2.61 bits per heavy atom. The maximum absolute atomic E-state index is 13.1. The van der Waals surface area contributed by atoms with Gasteiger partial charge in [0.05, 0.1) is 25.6 Å². The van der Waals surface area contributed by atoms with Gasteiger partial charge in [-0.05, 0) is 29.3 Å². The van der Waals surface area contributed by atoms with Crippen molar-refractivity contribution in [2.45, 2.75) is 25.4 Å². The van der Waals surface area contributed by atoms with Crippen molar-refractivity contribution in [3.63, 3.8) is 0 Å². The van der Waals surface area contributed by atoms with Gasteiger partial charge in [-0.2, -0.15) is 0 Å². The zero-order chi connectivity index (χ0) is 21.8. The molecule has 0 spiro atoms. The standard InChI is InChI=1S/C23H24N4O4/c1-27-20(28)13-12-18(22(27)16-8-10-17(30-2)11-9-16)23(29)24-14-19-21(26-31-25-19)15-6-4-3-5-7-15/h3-11,18,22H,12-14H2,1-2H3,(H,24,29). The summed E-state index contributed by atoms with van der Waals surface area (Å²) in [7, 11) is 3.34. The number of rotatable bonds is 6. The van der Waals surface area contributed by atoms with E-state index in [4.69, 9.17) is 9.37 Å². The first kappa shape index (κ1) is 20.6. The van der Waals surface area contributed by atoms with Gasteiger partial charge in [0.1, 0.15) is 17.1 Å². The second-order valence-electron chi connectivity index (χ2n) is 7.51. The largest absolute Gasteiger partial charge is 0.497 e. The van der Waals surface area contributed by atoms with Gasteiger partial charge in [0.2, 0.25) is 11.8 Å². The molecule has 8 nitrogen and oxygen atoms in total. The van der Waals surface area contributed by atoms with Crippen LogP contribution in [0.5, 0.6) is 5.75 Å². The van der Waals surface area contributed by atoms with Crippen LogP contribution < -0.4 is 10.1 Å². The number of methoxy groups -OCH3 is 1. The van der Waals surface area contributed by atoms with Gasteiger partial charge in [0.25, 0.3) is 0 Å². The van der Waals surface area contributed by atoms with E-state index in [1.807, 2.05) is 54.6 Å². The molecule has 2 aromatic carbocycles. The van der Waals surface area contributed by atoms with Gasteiger partial charge in [0, 0.05) is 19.0 Å². The van der Waals surface area contributed by atoms with E-state index in [-0.39, 0.29) is 30.3 Å². The molecule has 2 amide bonds. The minimum absolute atomic E-state index is 0.0249. The maximum Gasteiger partial charge on any atom is 0.225 e. The summed E-state index contributed by atoms with van der Waals surface area (Å²) in [6.45, 7) is 0.191. The maximum atomic E-state index is 13.1. The summed E-state index contributed by atoms with van der Waals surface area (Å²) in [4.78, 5) is 27.2. The van der Waals surface area contributed by atoms with Crippen molar-refractivity contribution in [3.8, 4) is 17.0 Å². The van der Waals surface area contributed by atoms with E-state index in [9.17, 15) is 9.59 Å². The topological polar surface area (TPSA) is 97.6 Å². The van der Waals surface area contributed by atoms with Crippen LogP contribution in [0.4, 0.5) is 0 Å². The molecule has 2 atom stereocenters. The number of benzene rings is 2. The highest BCUT2D eigenvalue weighted by molar-refractivity contribution is 5.85. The highest BCUT2D eigenvalue weighted by atomic mass is 16.6. The Labute approximate surface area is 180 Å². The van der Waals surface area contributed by atoms with Crippen molar-refractivity contribution in [2.24, 2.45) is 5.92 Å². The second kappa shape index (κ2) is 8.99. The molecule has 160 valence electrons. The second-order valence-corrected chi connectivity index (χ2v) is 7.51. The number of aromatic nitrogens is 2. The highest BCUT2D eigenvalue weighted by Crippen LogP contribution is 2.36. The van der Waals surface area contributed by atoms with Crippen LogP contribution in [-0.4, -0.2) is 41.2 Å². The quantitative estimate of drug-likeness (QED) is 0.658. The molecule has 1 N–H and O–H groups in total. The first-order valence-corrected chi connectivity index (χ1v) is 10.1. The lowest BCUT2D eigenvalue weighted by molar-refractivity contribution is -0.141. The normalized spacial score (nSPS) is 18.6. The monoisotopic (exact) mass is 420 g/mol. The van der Waals surface area contributed by atoms with Gasteiger partial charge in [-0.15, -0.1) is 0 Å². The predicted molar refractivity (Wildman–Crippen MR) is 113 cm³/mol. The number of nitrogens with one attached hydrogen (secondary N) is 1.